The molecule has 0 amide bonds. The zero-order valence-electron chi connectivity index (χ0n) is 12.0. The molecule has 0 N–H and O–H groups in total. The molecule has 0 radical (unpaired) electrons. The molecule has 4 heteroatoms. The number of ether oxygens (including phenoxy) is 1. The zero-order chi connectivity index (χ0) is 15.1. The van der Waals surface area contributed by atoms with Crippen LogP contribution in [0, 0.1) is 0 Å². The van der Waals surface area contributed by atoms with Gasteiger partial charge in [-0.1, -0.05) is 54.6 Å². The lowest BCUT2D eigenvalue weighted by Crippen LogP contribution is -2.08. The molecule has 3 nitrogen and oxygen atoms in total. The third-order valence-corrected chi connectivity index (χ3v) is 4.46. The standard InChI is InChI=1S/C17H18O3S/c1-20-17(18)11-15-9-5-6-10-16(15)13-21(19)12-14-7-3-2-4-8-14/h2-10H,11-13H2,1H3. The van der Waals surface area contributed by atoms with Gasteiger partial charge in [-0.3, -0.25) is 9.00 Å². The van der Waals surface area contributed by atoms with Gasteiger partial charge in [0.05, 0.1) is 13.5 Å². The third kappa shape index (κ3) is 4.83. The number of rotatable bonds is 6. The van der Waals surface area contributed by atoms with Crippen molar-refractivity contribution in [3.8, 4) is 0 Å². The van der Waals surface area contributed by atoms with Gasteiger partial charge in [0.2, 0.25) is 0 Å². The minimum Gasteiger partial charge on any atom is -0.469 e. The van der Waals surface area contributed by atoms with Crippen LogP contribution in [-0.2, 0) is 38.3 Å². The minimum absolute atomic E-state index is 0.217. The maximum absolute atomic E-state index is 12.3. The molecular formula is C17H18O3S. The van der Waals surface area contributed by atoms with Crippen LogP contribution < -0.4 is 0 Å². The van der Waals surface area contributed by atoms with Gasteiger partial charge >= 0.3 is 5.97 Å². The predicted molar refractivity (Wildman–Crippen MR) is 84.2 cm³/mol. The van der Waals surface area contributed by atoms with E-state index in [9.17, 15) is 9.00 Å². The second-order valence-electron chi connectivity index (χ2n) is 4.74. The number of esters is 1. The van der Waals surface area contributed by atoms with Crippen molar-refractivity contribution in [2.75, 3.05) is 7.11 Å². The van der Waals surface area contributed by atoms with E-state index < -0.39 is 10.8 Å². The Hall–Kier alpha value is -1.94. The Morgan fingerprint density at radius 2 is 1.57 bits per heavy atom. The number of benzene rings is 2. The molecule has 0 bridgehead atoms. The molecule has 0 aliphatic carbocycles. The molecule has 0 heterocycles. The first-order valence-electron chi connectivity index (χ1n) is 6.71. The van der Waals surface area contributed by atoms with Crippen molar-refractivity contribution in [1.82, 2.24) is 0 Å². The molecule has 110 valence electrons. The molecule has 0 spiro atoms. The first kappa shape index (κ1) is 15.4. The lowest BCUT2D eigenvalue weighted by molar-refractivity contribution is -0.139. The largest absolute Gasteiger partial charge is 0.469 e. The van der Waals surface area contributed by atoms with Crippen LogP contribution >= 0.6 is 0 Å². The van der Waals surface area contributed by atoms with E-state index in [1.54, 1.807) is 0 Å². The van der Waals surface area contributed by atoms with Crippen LogP contribution in [0.25, 0.3) is 0 Å². The van der Waals surface area contributed by atoms with E-state index in [0.29, 0.717) is 11.5 Å². The molecule has 0 fully saturated rings. The quantitative estimate of drug-likeness (QED) is 0.771. The molecule has 2 aromatic rings. The SMILES string of the molecule is COC(=O)Cc1ccccc1CS(=O)Cc1ccccc1. The van der Waals surface area contributed by atoms with Crippen LogP contribution in [0.2, 0.25) is 0 Å². The predicted octanol–water partition coefficient (Wildman–Crippen LogP) is 2.85. The van der Waals surface area contributed by atoms with E-state index in [1.165, 1.54) is 7.11 Å². The number of hydrogen-bond acceptors (Lipinski definition) is 3. The molecule has 1 atom stereocenters. The molecule has 0 aliphatic rings. The van der Waals surface area contributed by atoms with Crippen molar-refractivity contribution >= 4 is 16.8 Å². The summed E-state index contributed by atoms with van der Waals surface area (Å²) < 4.78 is 17.0. The normalized spacial score (nSPS) is 11.9. The van der Waals surface area contributed by atoms with E-state index >= 15 is 0 Å². The average molecular weight is 302 g/mol. The summed E-state index contributed by atoms with van der Waals surface area (Å²) in [6.45, 7) is 0. The number of methoxy groups -OCH3 is 1. The molecule has 2 rings (SSSR count). The van der Waals surface area contributed by atoms with Crippen molar-refractivity contribution in [3.63, 3.8) is 0 Å². The minimum atomic E-state index is -1.00. The Labute approximate surface area is 127 Å². The highest BCUT2D eigenvalue weighted by Crippen LogP contribution is 2.14. The van der Waals surface area contributed by atoms with Crippen LogP contribution in [0.15, 0.2) is 54.6 Å². The summed E-state index contributed by atoms with van der Waals surface area (Å²) in [7, 11) is 0.372. The Bertz CT molecular complexity index is 623. The summed E-state index contributed by atoms with van der Waals surface area (Å²) in [6.07, 6.45) is 0.217. The summed E-state index contributed by atoms with van der Waals surface area (Å²) in [6, 6.07) is 17.3. The first-order chi connectivity index (χ1) is 10.2. The first-order valence-corrected chi connectivity index (χ1v) is 8.20. The van der Waals surface area contributed by atoms with Crippen molar-refractivity contribution < 1.29 is 13.7 Å². The Morgan fingerprint density at radius 1 is 0.952 bits per heavy atom. The number of carbonyl (C=O) groups excluding carboxylic acids is 1. The summed E-state index contributed by atoms with van der Waals surface area (Å²) in [5.41, 5.74) is 2.88. The Morgan fingerprint density at radius 3 is 2.24 bits per heavy atom. The van der Waals surface area contributed by atoms with Gasteiger partial charge < -0.3 is 4.74 Å². The van der Waals surface area contributed by atoms with E-state index in [0.717, 1.165) is 16.7 Å². The highest BCUT2D eigenvalue weighted by molar-refractivity contribution is 7.83. The van der Waals surface area contributed by atoms with Crippen LogP contribution in [0.4, 0.5) is 0 Å². The molecule has 0 saturated carbocycles. The topological polar surface area (TPSA) is 43.4 Å². The second kappa shape index (κ2) is 7.74. The molecule has 0 aliphatic heterocycles. The van der Waals surface area contributed by atoms with Crippen LogP contribution in [0.1, 0.15) is 16.7 Å². The smallest absolute Gasteiger partial charge is 0.309 e. The van der Waals surface area contributed by atoms with Gasteiger partial charge in [0, 0.05) is 22.3 Å². The monoisotopic (exact) mass is 302 g/mol. The fraction of sp³-hybridized carbons (Fsp3) is 0.235. The lowest BCUT2D eigenvalue weighted by Gasteiger charge is -2.08. The van der Waals surface area contributed by atoms with Gasteiger partial charge in [-0.15, -0.1) is 0 Å². The molecule has 2 aromatic carbocycles. The Kier molecular flexibility index (Phi) is 5.69. The third-order valence-electron chi connectivity index (χ3n) is 3.17. The van der Waals surface area contributed by atoms with Gasteiger partial charge in [-0.05, 0) is 16.7 Å². The molecule has 0 saturated heterocycles. The highest BCUT2D eigenvalue weighted by Gasteiger charge is 2.10. The van der Waals surface area contributed by atoms with Gasteiger partial charge in [0.1, 0.15) is 0 Å². The molecule has 21 heavy (non-hydrogen) atoms. The van der Waals surface area contributed by atoms with Gasteiger partial charge in [0.25, 0.3) is 0 Å². The molecular weight excluding hydrogens is 284 g/mol. The number of carbonyl (C=O) groups is 1. The highest BCUT2D eigenvalue weighted by atomic mass is 32.2. The summed E-state index contributed by atoms with van der Waals surface area (Å²) in [5.74, 6) is 0.687. The summed E-state index contributed by atoms with van der Waals surface area (Å²) in [5, 5.41) is 0. The van der Waals surface area contributed by atoms with E-state index in [2.05, 4.69) is 0 Å². The van der Waals surface area contributed by atoms with E-state index in [1.807, 2.05) is 54.6 Å². The van der Waals surface area contributed by atoms with Crippen molar-refractivity contribution in [2.24, 2.45) is 0 Å². The molecule has 1 unspecified atom stereocenters. The van der Waals surface area contributed by atoms with Crippen molar-refractivity contribution in [2.45, 2.75) is 17.9 Å². The lowest BCUT2D eigenvalue weighted by atomic mass is 10.1. The second-order valence-corrected chi connectivity index (χ2v) is 6.19. The summed E-state index contributed by atoms with van der Waals surface area (Å²) >= 11 is 0. The van der Waals surface area contributed by atoms with Crippen LogP contribution in [-0.4, -0.2) is 17.3 Å². The maximum atomic E-state index is 12.3. The van der Waals surface area contributed by atoms with Gasteiger partial charge in [-0.2, -0.15) is 0 Å². The van der Waals surface area contributed by atoms with Crippen molar-refractivity contribution in [1.29, 1.82) is 0 Å². The van der Waals surface area contributed by atoms with Crippen molar-refractivity contribution in [3.05, 3.63) is 71.3 Å². The fourth-order valence-corrected chi connectivity index (χ4v) is 3.38. The maximum Gasteiger partial charge on any atom is 0.309 e. The van der Waals surface area contributed by atoms with Gasteiger partial charge in [-0.25, -0.2) is 0 Å². The van der Waals surface area contributed by atoms with E-state index in [4.69, 9.17) is 4.74 Å². The van der Waals surface area contributed by atoms with Crippen LogP contribution in [0.5, 0.6) is 0 Å². The zero-order valence-corrected chi connectivity index (χ0v) is 12.8. The van der Waals surface area contributed by atoms with Gasteiger partial charge in [0.15, 0.2) is 0 Å². The Balaban J connectivity index is 2.05. The van der Waals surface area contributed by atoms with Crippen LogP contribution in [0.3, 0.4) is 0 Å². The number of hydrogen-bond donors (Lipinski definition) is 0. The fourth-order valence-electron chi connectivity index (χ4n) is 2.08. The summed E-state index contributed by atoms with van der Waals surface area (Å²) in [4.78, 5) is 11.4. The van der Waals surface area contributed by atoms with E-state index in [-0.39, 0.29) is 12.4 Å². The molecule has 0 aromatic heterocycles. The average Bonchev–Trinajstić information content (AvgIpc) is 2.50.